The number of amides is 1. The predicted molar refractivity (Wildman–Crippen MR) is 137 cm³/mol. The highest BCUT2D eigenvalue weighted by molar-refractivity contribution is 5.95. The van der Waals surface area contributed by atoms with Gasteiger partial charge in [-0.05, 0) is 48.9 Å². The molecule has 9 heteroatoms. The third-order valence-corrected chi connectivity index (χ3v) is 6.35. The number of aryl methyl sites for hydroxylation is 1. The lowest BCUT2D eigenvalue weighted by Crippen LogP contribution is -2.31. The number of H-pyrrole nitrogens is 1. The predicted octanol–water partition coefficient (Wildman–Crippen LogP) is 4.48. The van der Waals surface area contributed by atoms with Gasteiger partial charge in [0.05, 0.1) is 11.6 Å². The largest absolute Gasteiger partial charge is 0.457 e. The number of para-hydroxylation sites is 1. The highest BCUT2D eigenvalue weighted by atomic mass is 16.5. The zero-order valence-electron chi connectivity index (χ0n) is 19.8. The quantitative estimate of drug-likeness (QED) is 0.373. The average Bonchev–Trinajstić information content (AvgIpc) is 3.65. The van der Waals surface area contributed by atoms with E-state index in [0.29, 0.717) is 30.0 Å². The number of likely N-dealkylation sites (tertiary alicyclic amines) is 1. The number of nitrogens with one attached hydrogen (secondary N) is 2. The fraction of sp³-hybridized carbons (Fsp3) is 0.185. The van der Waals surface area contributed by atoms with Gasteiger partial charge >= 0.3 is 0 Å². The van der Waals surface area contributed by atoms with Crippen molar-refractivity contribution in [2.24, 2.45) is 7.05 Å². The summed E-state index contributed by atoms with van der Waals surface area (Å²) in [5.41, 5.74) is 3.33. The molecule has 9 nitrogen and oxygen atoms in total. The molecule has 1 amide bonds. The Balaban J connectivity index is 1.11. The third-order valence-electron chi connectivity index (χ3n) is 6.35. The van der Waals surface area contributed by atoms with E-state index in [1.165, 1.54) is 0 Å². The first-order valence-corrected chi connectivity index (χ1v) is 11.8. The fourth-order valence-corrected chi connectivity index (χ4v) is 4.47. The number of hydrogen-bond acceptors (Lipinski definition) is 6. The van der Waals surface area contributed by atoms with E-state index >= 15 is 0 Å². The molecule has 0 bridgehead atoms. The molecule has 0 aliphatic carbocycles. The number of nitrogens with zero attached hydrogens (tertiary/aromatic N) is 5. The lowest BCUT2D eigenvalue weighted by atomic mass is 10.1. The van der Waals surface area contributed by atoms with Crippen molar-refractivity contribution >= 4 is 22.8 Å². The summed E-state index contributed by atoms with van der Waals surface area (Å²) in [7, 11) is 1.89. The van der Waals surface area contributed by atoms with Crippen molar-refractivity contribution < 1.29 is 9.53 Å². The Morgan fingerprint density at radius 1 is 1.06 bits per heavy atom. The van der Waals surface area contributed by atoms with Crippen molar-refractivity contribution in [2.75, 3.05) is 18.4 Å². The first-order chi connectivity index (χ1) is 17.6. The maximum atomic E-state index is 13.1. The molecule has 1 aliphatic heterocycles. The van der Waals surface area contributed by atoms with Crippen LogP contribution in [0, 0.1) is 0 Å². The van der Waals surface area contributed by atoms with Gasteiger partial charge in [0, 0.05) is 55.3 Å². The smallest absolute Gasteiger partial charge is 0.253 e. The van der Waals surface area contributed by atoms with E-state index in [9.17, 15) is 4.79 Å². The van der Waals surface area contributed by atoms with Crippen LogP contribution in [0.15, 0.2) is 79.3 Å². The monoisotopic (exact) mass is 479 g/mol. The molecule has 2 aromatic carbocycles. The van der Waals surface area contributed by atoms with E-state index in [4.69, 9.17) is 4.74 Å². The lowest BCUT2D eigenvalue weighted by molar-refractivity contribution is 0.0791. The van der Waals surface area contributed by atoms with Crippen LogP contribution in [0.3, 0.4) is 0 Å². The molecule has 0 radical (unpaired) electrons. The Hall–Kier alpha value is -4.66. The minimum Gasteiger partial charge on any atom is -0.457 e. The highest BCUT2D eigenvalue weighted by Crippen LogP contribution is 2.28. The third kappa shape index (κ3) is 4.38. The summed E-state index contributed by atoms with van der Waals surface area (Å²) in [6.45, 7) is 1.28. The molecule has 4 heterocycles. The summed E-state index contributed by atoms with van der Waals surface area (Å²) in [5, 5.41) is 16.1. The fourth-order valence-electron chi connectivity index (χ4n) is 4.47. The van der Waals surface area contributed by atoms with Crippen LogP contribution >= 0.6 is 0 Å². The van der Waals surface area contributed by atoms with Crippen molar-refractivity contribution in [3.8, 4) is 22.6 Å². The number of ether oxygens (including phenoxy) is 1. The van der Waals surface area contributed by atoms with Gasteiger partial charge in [-0.3, -0.25) is 14.6 Å². The number of hydrogen-bond donors (Lipinski definition) is 2. The normalized spacial score (nSPS) is 15.4. The molecule has 3 aromatic heterocycles. The molecular weight excluding hydrogens is 454 g/mol. The second-order valence-corrected chi connectivity index (χ2v) is 8.92. The Bertz CT molecular complexity index is 1510. The number of carbonyl (C=O) groups is 1. The molecule has 2 N–H and O–H groups in total. The molecule has 0 unspecified atom stereocenters. The van der Waals surface area contributed by atoms with Crippen molar-refractivity contribution in [3.63, 3.8) is 0 Å². The van der Waals surface area contributed by atoms with E-state index in [-0.39, 0.29) is 11.9 Å². The summed E-state index contributed by atoms with van der Waals surface area (Å²) in [5.74, 6) is 2.21. The Morgan fingerprint density at radius 2 is 1.86 bits per heavy atom. The highest BCUT2D eigenvalue weighted by Gasteiger charge is 2.28. The van der Waals surface area contributed by atoms with Gasteiger partial charge in [0.15, 0.2) is 11.5 Å². The molecule has 36 heavy (non-hydrogen) atoms. The minimum atomic E-state index is 0.0120. The first-order valence-electron chi connectivity index (χ1n) is 11.8. The molecule has 1 fully saturated rings. The number of fused-ring (bicyclic) bond motifs is 1. The van der Waals surface area contributed by atoms with Gasteiger partial charge in [0.1, 0.15) is 11.5 Å². The zero-order valence-corrected chi connectivity index (χ0v) is 19.8. The maximum Gasteiger partial charge on any atom is 0.253 e. The minimum absolute atomic E-state index is 0.0120. The second-order valence-electron chi connectivity index (χ2n) is 8.92. The Kier molecular flexibility index (Phi) is 5.57. The van der Waals surface area contributed by atoms with Crippen LogP contribution in [0.4, 0.5) is 5.82 Å². The van der Waals surface area contributed by atoms with Gasteiger partial charge in [0.2, 0.25) is 0 Å². The summed E-state index contributed by atoms with van der Waals surface area (Å²) in [4.78, 5) is 19.5. The average molecular weight is 480 g/mol. The van der Waals surface area contributed by atoms with Crippen LogP contribution in [0.5, 0.6) is 11.5 Å². The van der Waals surface area contributed by atoms with Gasteiger partial charge in [-0.1, -0.05) is 18.2 Å². The molecule has 180 valence electrons. The maximum absolute atomic E-state index is 13.1. The Morgan fingerprint density at radius 3 is 2.64 bits per heavy atom. The van der Waals surface area contributed by atoms with Gasteiger partial charge in [0.25, 0.3) is 5.91 Å². The molecule has 0 spiro atoms. The molecule has 6 rings (SSSR count). The molecule has 5 aromatic rings. The van der Waals surface area contributed by atoms with Crippen LogP contribution in [0.2, 0.25) is 0 Å². The molecule has 1 saturated heterocycles. The van der Waals surface area contributed by atoms with Crippen LogP contribution in [0.25, 0.3) is 22.2 Å². The van der Waals surface area contributed by atoms with Crippen LogP contribution in [-0.4, -0.2) is 54.9 Å². The van der Waals surface area contributed by atoms with E-state index in [0.717, 1.165) is 34.5 Å². The number of anilines is 1. The SMILES string of the molecule is Cn1cc(-c2cnc3[nH]nc(N[C@@H]4CCN(C(=O)c5ccc(Oc6ccccc6)cc5)C4)c3c2)cn1. The van der Waals surface area contributed by atoms with Crippen LogP contribution in [-0.2, 0) is 7.05 Å². The number of benzene rings is 2. The Labute approximate surface area is 207 Å². The first kappa shape index (κ1) is 21.8. The van der Waals surface area contributed by atoms with E-state index in [1.54, 1.807) is 4.68 Å². The number of aromatic nitrogens is 5. The van der Waals surface area contributed by atoms with E-state index in [2.05, 4.69) is 31.7 Å². The van der Waals surface area contributed by atoms with Gasteiger partial charge < -0.3 is 15.0 Å². The molecule has 0 saturated carbocycles. The second kappa shape index (κ2) is 9.18. The van der Waals surface area contributed by atoms with Gasteiger partial charge in [-0.2, -0.15) is 10.2 Å². The molecule has 1 aliphatic rings. The zero-order chi connectivity index (χ0) is 24.5. The summed E-state index contributed by atoms with van der Waals surface area (Å²) in [6, 6.07) is 19.0. The van der Waals surface area contributed by atoms with E-state index in [1.807, 2.05) is 85.1 Å². The molecular formula is C27H25N7O2. The number of rotatable bonds is 6. The summed E-state index contributed by atoms with van der Waals surface area (Å²) < 4.78 is 7.60. The topological polar surface area (TPSA) is 101 Å². The van der Waals surface area contributed by atoms with Crippen molar-refractivity contribution in [1.29, 1.82) is 0 Å². The number of pyridine rings is 1. The van der Waals surface area contributed by atoms with Crippen molar-refractivity contribution in [1.82, 2.24) is 29.9 Å². The van der Waals surface area contributed by atoms with Crippen molar-refractivity contribution in [3.05, 3.63) is 84.8 Å². The standard InChI is InChI=1S/C27H25N7O2/c1-33-16-20(15-29-33)19-13-24-25(28-14-19)31-32-26(24)30-21-11-12-34(17-21)27(35)18-7-9-23(10-8-18)36-22-5-3-2-4-6-22/h2-10,13-16,21H,11-12,17H2,1H3,(H2,28,30,31,32)/t21-/m1/s1. The number of aromatic amines is 1. The summed E-state index contributed by atoms with van der Waals surface area (Å²) in [6.07, 6.45) is 6.42. The summed E-state index contributed by atoms with van der Waals surface area (Å²) >= 11 is 0. The number of carbonyl (C=O) groups excluding carboxylic acids is 1. The van der Waals surface area contributed by atoms with Crippen LogP contribution in [0.1, 0.15) is 16.8 Å². The van der Waals surface area contributed by atoms with Gasteiger partial charge in [-0.15, -0.1) is 0 Å². The van der Waals surface area contributed by atoms with Crippen molar-refractivity contribution in [2.45, 2.75) is 12.5 Å². The van der Waals surface area contributed by atoms with Crippen LogP contribution < -0.4 is 10.1 Å². The lowest BCUT2D eigenvalue weighted by Gasteiger charge is -2.17. The van der Waals surface area contributed by atoms with E-state index < -0.39 is 0 Å². The van der Waals surface area contributed by atoms with Gasteiger partial charge in [-0.25, -0.2) is 4.98 Å². The molecule has 1 atom stereocenters.